The van der Waals surface area contributed by atoms with Gasteiger partial charge in [0.1, 0.15) is 35.4 Å². The number of aliphatic hydroxyl groups excluding tert-OH is 1. The molecule has 1 fully saturated rings. The SMILES string of the molecule is O=C(Cc1c(F)cccc1Cl)N1CC[C@@H](Oc2cc(F)cc(F)c2)[C@H](O)C1. The number of amides is 1. The Balaban J connectivity index is 1.61. The average molecular weight is 400 g/mol. The summed E-state index contributed by atoms with van der Waals surface area (Å²) >= 11 is 5.94. The Hall–Kier alpha value is -2.25. The lowest BCUT2D eigenvalue weighted by molar-refractivity contribution is -0.136. The fourth-order valence-corrected chi connectivity index (χ4v) is 3.24. The van der Waals surface area contributed by atoms with Crippen LogP contribution in [0.3, 0.4) is 0 Å². The minimum Gasteiger partial charge on any atom is -0.487 e. The molecule has 1 aliphatic rings. The standard InChI is InChI=1S/C19H17ClF3NO3/c20-15-2-1-3-16(23)14(15)9-19(26)24-5-4-18(17(25)10-24)27-13-7-11(21)6-12(22)8-13/h1-3,6-8,17-18,25H,4-5,9-10H2/t17-,18-/m1/s1. The van der Waals surface area contributed by atoms with E-state index in [4.69, 9.17) is 16.3 Å². The third-order valence-electron chi connectivity index (χ3n) is 4.39. The summed E-state index contributed by atoms with van der Waals surface area (Å²) in [6.45, 7) is 0.220. The molecule has 4 nitrogen and oxygen atoms in total. The lowest BCUT2D eigenvalue weighted by Crippen LogP contribution is -2.51. The molecular formula is C19H17ClF3NO3. The van der Waals surface area contributed by atoms with Crippen molar-refractivity contribution < 1.29 is 27.8 Å². The van der Waals surface area contributed by atoms with Crippen molar-refractivity contribution in [2.24, 2.45) is 0 Å². The molecule has 0 spiro atoms. The second-order valence-corrected chi connectivity index (χ2v) is 6.74. The van der Waals surface area contributed by atoms with Crippen molar-refractivity contribution in [3.05, 3.63) is 64.4 Å². The van der Waals surface area contributed by atoms with E-state index in [1.54, 1.807) is 0 Å². The summed E-state index contributed by atoms with van der Waals surface area (Å²) in [6, 6.07) is 6.94. The number of hydrogen-bond acceptors (Lipinski definition) is 3. The lowest BCUT2D eigenvalue weighted by Gasteiger charge is -2.36. The number of carbonyl (C=O) groups is 1. The fraction of sp³-hybridized carbons (Fsp3) is 0.316. The maximum absolute atomic E-state index is 13.8. The van der Waals surface area contributed by atoms with Gasteiger partial charge >= 0.3 is 0 Å². The number of β-amino-alcohol motifs (C(OH)–C–C–N with tert-alkyl or cyclic N) is 1. The molecule has 0 unspecified atom stereocenters. The van der Waals surface area contributed by atoms with Crippen LogP contribution in [-0.2, 0) is 11.2 Å². The quantitative estimate of drug-likeness (QED) is 0.858. The number of halogens is 4. The van der Waals surface area contributed by atoms with Crippen molar-refractivity contribution in [2.75, 3.05) is 13.1 Å². The minimum absolute atomic E-state index is 0.0329. The monoisotopic (exact) mass is 399 g/mol. The first-order chi connectivity index (χ1) is 12.8. The molecule has 1 amide bonds. The van der Waals surface area contributed by atoms with Crippen LogP contribution >= 0.6 is 11.6 Å². The van der Waals surface area contributed by atoms with Crippen molar-refractivity contribution in [1.82, 2.24) is 4.90 Å². The van der Waals surface area contributed by atoms with E-state index in [-0.39, 0.29) is 48.2 Å². The van der Waals surface area contributed by atoms with Crippen molar-refractivity contribution in [2.45, 2.75) is 25.0 Å². The molecule has 8 heteroatoms. The van der Waals surface area contributed by atoms with Crippen LogP contribution in [0.4, 0.5) is 13.2 Å². The molecule has 0 aliphatic carbocycles. The fourth-order valence-electron chi connectivity index (χ4n) is 3.01. The summed E-state index contributed by atoms with van der Waals surface area (Å²) in [4.78, 5) is 13.8. The summed E-state index contributed by atoms with van der Waals surface area (Å²) in [7, 11) is 0. The van der Waals surface area contributed by atoms with Crippen LogP contribution in [0.5, 0.6) is 5.75 Å². The predicted molar refractivity (Wildman–Crippen MR) is 93.1 cm³/mol. The number of ether oxygens (including phenoxy) is 1. The van der Waals surface area contributed by atoms with Crippen LogP contribution in [-0.4, -0.2) is 41.2 Å². The number of carbonyl (C=O) groups excluding carboxylic acids is 1. The highest BCUT2D eigenvalue weighted by atomic mass is 35.5. The zero-order valence-electron chi connectivity index (χ0n) is 14.2. The normalized spacial score (nSPS) is 19.8. The van der Waals surface area contributed by atoms with Crippen molar-refractivity contribution in [3.63, 3.8) is 0 Å². The van der Waals surface area contributed by atoms with E-state index in [9.17, 15) is 23.1 Å². The maximum Gasteiger partial charge on any atom is 0.227 e. The topological polar surface area (TPSA) is 49.8 Å². The molecule has 1 N–H and O–H groups in total. The number of hydrogen-bond donors (Lipinski definition) is 1. The first kappa shape index (κ1) is 19.5. The van der Waals surface area contributed by atoms with E-state index < -0.39 is 29.7 Å². The minimum atomic E-state index is -1.05. The van der Waals surface area contributed by atoms with Gasteiger partial charge < -0.3 is 14.7 Å². The van der Waals surface area contributed by atoms with Crippen molar-refractivity contribution in [3.8, 4) is 5.75 Å². The molecule has 144 valence electrons. The van der Waals surface area contributed by atoms with Crippen LogP contribution in [0.2, 0.25) is 5.02 Å². The smallest absolute Gasteiger partial charge is 0.227 e. The summed E-state index contributed by atoms with van der Waals surface area (Å²) in [5.41, 5.74) is 0.104. The molecule has 2 atom stereocenters. The molecule has 3 rings (SSSR count). The number of likely N-dealkylation sites (tertiary alicyclic amines) is 1. The Morgan fingerprint density at radius 3 is 2.56 bits per heavy atom. The van der Waals surface area contributed by atoms with E-state index in [1.165, 1.54) is 23.1 Å². The largest absolute Gasteiger partial charge is 0.487 e. The van der Waals surface area contributed by atoms with Crippen LogP contribution in [0.1, 0.15) is 12.0 Å². The van der Waals surface area contributed by atoms with Gasteiger partial charge in [0.25, 0.3) is 0 Å². The second-order valence-electron chi connectivity index (χ2n) is 6.33. The number of piperidine rings is 1. The van der Waals surface area contributed by atoms with E-state index >= 15 is 0 Å². The number of benzene rings is 2. The van der Waals surface area contributed by atoms with Gasteiger partial charge in [-0.2, -0.15) is 0 Å². The zero-order chi connectivity index (χ0) is 19.6. The summed E-state index contributed by atoms with van der Waals surface area (Å²) < 4.78 is 45.8. The van der Waals surface area contributed by atoms with Gasteiger partial charge in [-0.25, -0.2) is 13.2 Å². The van der Waals surface area contributed by atoms with Gasteiger partial charge in [-0.1, -0.05) is 17.7 Å². The summed E-state index contributed by atoms with van der Waals surface area (Å²) in [5.74, 6) is -2.55. The van der Waals surface area contributed by atoms with E-state index in [0.29, 0.717) is 0 Å². The van der Waals surface area contributed by atoms with Crippen molar-refractivity contribution in [1.29, 1.82) is 0 Å². The van der Waals surface area contributed by atoms with Crippen molar-refractivity contribution >= 4 is 17.5 Å². The summed E-state index contributed by atoms with van der Waals surface area (Å²) in [5, 5.41) is 10.4. The number of nitrogens with zero attached hydrogens (tertiary/aromatic N) is 1. The van der Waals surface area contributed by atoms with Gasteiger partial charge in [-0.15, -0.1) is 0 Å². The third-order valence-corrected chi connectivity index (χ3v) is 4.74. The highest BCUT2D eigenvalue weighted by Crippen LogP contribution is 2.24. The summed E-state index contributed by atoms with van der Waals surface area (Å²) in [6.07, 6.45) is -1.73. The molecule has 1 aliphatic heterocycles. The van der Waals surface area contributed by atoms with E-state index in [1.807, 2.05) is 0 Å². The molecule has 0 saturated carbocycles. The molecule has 27 heavy (non-hydrogen) atoms. The van der Waals surface area contributed by atoms with E-state index in [2.05, 4.69) is 0 Å². The predicted octanol–water partition coefficient (Wildman–Crippen LogP) is 3.34. The lowest BCUT2D eigenvalue weighted by atomic mass is 10.0. The van der Waals surface area contributed by atoms with Gasteiger partial charge in [0.2, 0.25) is 5.91 Å². The Kier molecular flexibility index (Phi) is 5.92. The molecule has 1 heterocycles. The second kappa shape index (κ2) is 8.19. The van der Waals surface area contributed by atoms with Crippen LogP contribution in [0, 0.1) is 17.5 Å². The molecule has 2 aromatic carbocycles. The highest BCUT2D eigenvalue weighted by Gasteiger charge is 2.32. The molecule has 0 radical (unpaired) electrons. The van der Waals surface area contributed by atoms with Crippen LogP contribution < -0.4 is 4.74 Å². The van der Waals surface area contributed by atoms with E-state index in [0.717, 1.165) is 18.2 Å². The van der Waals surface area contributed by atoms with Gasteiger partial charge in [0.15, 0.2) is 0 Å². The molecule has 0 bridgehead atoms. The first-order valence-corrected chi connectivity index (χ1v) is 8.73. The maximum atomic E-state index is 13.8. The number of aliphatic hydroxyl groups is 1. The van der Waals surface area contributed by atoms with Gasteiger partial charge in [0, 0.05) is 41.8 Å². The van der Waals surface area contributed by atoms with Gasteiger partial charge in [-0.3, -0.25) is 4.79 Å². The first-order valence-electron chi connectivity index (χ1n) is 8.35. The highest BCUT2D eigenvalue weighted by molar-refractivity contribution is 6.31. The Bertz CT molecular complexity index is 808. The Morgan fingerprint density at radius 1 is 1.22 bits per heavy atom. The number of rotatable bonds is 4. The van der Waals surface area contributed by atoms with Crippen LogP contribution in [0.15, 0.2) is 36.4 Å². The molecule has 0 aromatic heterocycles. The van der Waals surface area contributed by atoms with Crippen LogP contribution in [0.25, 0.3) is 0 Å². The zero-order valence-corrected chi connectivity index (χ0v) is 14.9. The Labute approximate surface area is 159 Å². The van der Waals surface area contributed by atoms with Gasteiger partial charge in [0.05, 0.1) is 13.0 Å². The van der Waals surface area contributed by atoms with Gasteiger partial charge in [-0.05, 0) is 12.1 Å². The molecular weight excluding hydrogens is 383 g/mol. The third kappa shape index (κ3) is 4.73. The Morgan fingerprint density at radius 2 is 1.93 bits per heavy atom. The molecule has 1 saturated heterocycles. The average Bonchev–Trinajstić information content (AvgIpc) is 2.59. The molecule has 2 aromatic rings.